The summed E-state index contributed by atoms with van der Waals surface area (Å²) in [5, 5.41) is 10.3. The number of carbonyl (C=O) groups excluding carboxylic acids is 2. The highest BCUT2D eigenvalue weighted by atomic mass is 16.2. The summed E-state index contributed by atoms with van der Waals surface area (Å²) in [6, 6.07) is 0.0837. The normalized spacial score (nSPS) is 24.2. The highest BCUT2D eigenvalue weighted by Gasteiger charge is 2.25. The Labute approximate surface area is 94.0 Å². The van der Waals surface area contributed by atoms with Gasteiger partial charge in [0, 0.05) is 12.6 Å². The molecule has 2 aliphatic rings. The van der Waals surface area contributed by atoms with E-state index < -0.39 is 0 Å². The number of carbonyl (C=O) groups is 2. The number of nitrogens with one attached hydrogen (secondary N) is 1. The fourth-order valence-corrected chi connectivity index (χ4v) is 1.81. The lowest BCUT2D eigenvalue weighted by molar-refractivity contribution is -0.118. The lowest BCUT2D eigenvalue weighted by Crippen LogP contribution is -2.38. The van der Waals surface area contributed by atoms with Gasteiger partial charge in [0.1, 0.15) is 5.70 Å². The summed E-state index contributed by atoms with van der Waals surface area (Å²) in [4.78, 5) is 23.8. The third-order valence-electron chi connectivity index (χ3n) is 2.60. The molecule has 0 bridgehead atoms. The van der Waals surface area contributed by atoms with E-state index in [9.17, 15) is 9.59 Å². The monoisotopic (exact) mass is 219 g/mol. The lowest BCUT2D eigenvalue weighted by Gasteiger charge is -2.13. The van der Waals surface area contributed by atoms with E-state index in [1.54, 1.807) is 6.08 Å². The molecule has 6 nitrogen and oxygen atoms in total. The number of azo groups is 1. The molecular weight excluding hydrogens is 207 g/mol. The van der Waals surface area contributed by atoms with Crippen molar-refractivity contribution in [1.82, 2.24) is 10.1 Å². The number of nitrogens with zero attached hydrogens (tertiary/aromatic N) is 3. The highest BCUT2D eigenvalue weighted by Crippen LogP contribution is 2.10. The molecule has 1 atom stereocenters. The summed E-state index contributed by atoms with van der Waals surface area (Å²) in [5.41, 5.74) is 0.387. The topological polar surface area (TPSA) is 74.1 Å². The molecule has 0 aromatic carbocycles. The smallest absolute Gasteiger partial charge is 0.293 e. The molecule has 1 amide bonds. The quantitative estimate of drug-likeness (QED) is 0.503. The van der Waals surface area contributed by atoms with Crippen molar-refractivity contribution in [3.8, 4) is 0 Å². The molecule has 83 valence electrons. The summed E-state index contributed by atoms with van der Waals surface area (Å²) < 4.78 is 0. The maximum Gasteiger partial charge on any atom is 0.293 e. The molecule has 1 N–H and O–H groups in total. The van der Waals surface area contributed by atoms with Gasteiger partial charge in [0.05, 0.1) is 12.7 Å². The molecule has 1 fully saturated rings. The first-order valence-corrected chi connectivity index (χ1v) is 5.21. The van der Waals surface area contributed by atoms with Gasteiger partial charge in [-0.25, -0.2) is 0 Å². The van der Waals surface area contributed by atoms with Gasteiger partial charge in [-0.05, 0) is 19.0 Å². The van der Waals surface area contributed by atoms with Crippen LogP contribution < -0.4 is 5.32 Å². The molecule has 2 heterocycles. The Hall–Kier alpha value is -1.50. The molecule has 0 aliphatic carbocycles. The number of amides is 1. The van der Waals surface area contributed by atoms with E-state index >= 15 is 0 Å². The molecule has 0 saturated carbocycles. The van der Waals surface area contributed by atoms with Gasteiger partial charge in [-0.15, -0.1) is 0 Å². The second-order valence-corrected chi connectivity index (χ2v) is 3.75. The second-order valence-electron chi connectivity index (χ2n) is 3.75. The van der Waals surface area contributed by atoms with Crippen LogP contribution in [0.25, 0.3) is 0 Å². The SMILES string of the molecule is O=C[B]N1CC[C@@H](NC(=O)C2=CCN=N2)C1. The molecule has 1 saturated heterocycles. The third-order valence-corrected chi connectivity index (χ3v) is 2.60. The Bertz CT molecular complexity index is 355. The first-order valence-electron chi connectivity index (χ1n) is 5.21. The molecule has 7 heteroatoms. The molecule has 0 aromatic heterocycles. The minimum absolute atomic E-state index is 0.0837. The van der Waals surface area contributed by atoms with Crippen molar-refractivity contribution < 1.29 is 9.59 Å². The molecular formula is C9H12BN4O2. The molecule has 2 aliphatic heterocycles. The van der Waals surface area contributed by atoms with Crippen LogP contribution in [0.15, 0.2) is 22.0 Å². The van der Waals surface area contributed by atoms with Crippen LogP contribution in [0.4, 0.5) is 0 Å². The molecule has 0 unspecified atom stereocenters. The fourth-order valence-electron chi connectivity index (χ4n) is 1.81. The zero-order chi connectivity index (χ0) is 11.4. The number of rotatable bonds is 4. The first kappa shape index (κ1) is 11.0. The number of hydrogen-bond donors (Lipinski definition) is 1. The van der Waals surface area contributed by atoms with Gasteiger partial charge in [0.2, 0.25) is 0 Å². The van der Waals surface area contributed by atoms with Crippen LogP contribution in [-0.2, 0) is 9.59 Å². The van der Waals surface area contributed by atoms with Crippen LogP contribution in [0.3, 0.4) is 0 Å². The fraction of sp³-hybridized carbons (Fsp3) is 0.556. The molecule has 16 heavy (non-hydrogen) atoms. The van der Waals surface area contributed by atoms with E-state index in [0.29, 0.717) is 18.8 Å². The van der Waals surface area contributed by atoms with Gasteiger partial charge in [0.25, 0.3) is 13.3 Å². The van der Waals surface area contributed by atoms with Gasteiger partial charge in [-0.2, -0.15) is 10.2 Å². The van der Waals surface area contributed by atoms with Crippen LogP contribution in [0.5, 0.6) is 0 Å². The van der Waals surface area contributed by atoms with Crippen LogP contribution in [0.1, 0.15) is 6.42 Å². The Morgan fingerprint density at radius 1 is 1.69 bits per heavy atom. The van der Waals surface area contributed by atoms with E-state index in [2.05, 4.69) is 15.5 Å². The first-order chi connectivity index (χ1) is 7.79. The van der Waals surface area contributed by atoms with Crippen molar-refractivity contribution in [2.24, 2.45) is 10.2 Å². The van der Waals surface area contributed by atoms with Crippen LogP contribution in [0.2, 0.25) is 0 Å². The lowest BCUT2D eigenvalue weighted by atomic mass is 9.96. The second kappa shape index (κ2) is 5.02. The number of hydrogen-bond acceptors (Lipinski definition) is 5. The molecule has 2 rings (SSSR count). The summed E-state index contributed by atoms with van der Waals surface area (Å²) in [7, 11) is 1.50. The summed E-state index contributed by atoms with van der Waals surface area (Å²) in [5.74, 6) is -0.181. The van der Waals surface area contributed by atoms with Crippen molar-refractivity contribution in [3.05, 3.63) is 11.8 Å². The molecule has 0 spiro atoms. The highest BCUT2D eigenvalue weighted by molar-refractivity contribution is 6.64. The largest absolute Gasteiger partial charge is 0.347 e. The minimum Gasteiger partial charge on any atom is -0.347 e. The van der Waals surface area contributed by atoms with Crippen LogP contribution in [0, 0.1) is 0 Å². The van der Waals surface area contributed by atoms with Crippen LogP contribution >= 0.6 is 0 Å². The van der Waals surface area contributed by atoms with E-state index in [0.717, 1.165) is 19.2 Å². The van der Waals surface area contributed by atoms with E-state index in [1.165, 1.54) is 7.41 Å². The summed E-state index contributed by atoms with van der Waals surface area (Å²) >= 11 is 0. The van der Waals surface area contributed by atoms with Crippen molar-refractivity contribution in [1.29, 1.82) is 0 Å². The van der Waals surface area contributed by atoms with Gasteiger partial charge in [-0.1, -0.05) is 0 Å². The third kappa shape index (κ3) is 2.54. The van der Waals surface area contributed by atoms with Gasteiger partial charge in [-0.3, -0.25) is 4.79 Å². The van der Waals surface area contributed by atoms with E-state index in [1.807, 2.05) is 4.81 Å². The van der Waals surface area contributed by atoms with Crippen molar-refractivity contribution in [2.45, 2.75) is 12.5 Å². The predicted molar refractivity (Wildman–Crippen MR) is 58.4 cm³/mol. The van der Waals surface area contributed by atoms with Gasteiger partial charge < -0.3 is 14.9 Å². The van der Waals surface area contributed by atoms with Crippen molar-refractivity contribution >= 4 is 19.5 Å². The Morgan fingerprint density at radius 2 is 2.56 bits per heavy atom. The molecule has 0 aromatic rings. The Balaban J connectivity index is 1.80. The van der Waals surface area contributed by atoms with Crippen LogP contribution in [-0.4, -0.2) is 50.0 Å². The maximum atomic E-state index is 11.6. The summed E-state index contributed by atoms with van der Waals surface area (Å²) in [6.07, 6.45) is 3.30. The van der Waals surface area contributed by atoms with Crippen molar-refractivity contribution in [3.63, 3.8) is 0 Å². The van der Waals surface area contributed by atoms with Gasteiger partial charge >= 0.3 is 0 Å². The average molecular weight is 219 g/mol. The average Bonchev–Trinajstić information content (AvgIpc) is 2.89. The Kier molecular flexibility index (Phi) is 3.45. The van der Waals surface area contributed by atoms with E-state index in [-0.39, 0.29) is 11.9 Å². The van der Waals surface area contributed by atoms with Crippen molar-refractivity contribution in [2.75, 3.05) is 19.6 Å². The zero-order valence-electron chi connectivity index (χ0n) is 8.80. The summed E-state index contributed by atoms with van der Waals surface area (Å²) in [6.45, 7) is 1.96. The van der Waals surface area contributed by atoms with Gasteiger partial charge in [0.15, 0.2) is 0 Å². The molecule has 1 radical (unpaired) electrons. The Morgan fingerprint density at radius 3 is 3.25 bits per heavy atom. The standard InChI is InChI=1S/C9H12BN4O2/c15-6-10-14-4-2-7(5-14)12-9(16)8-1-3-11-13-8/h1,6-7H,2-5H2,(H,12,16)/t7-/m1/s1. The predicted octanol–water partition coefficient (Wildman–Crippen LogP) is -0.664. The maximum absolute atomic E-state index is 11.6. The minimum atomic E-state index is -0.181. The zero-order valence-corrected chi connectivity index (χ0v) is 8.80. The van der Waals surface area contributed by atoms with E-state index in [4.69, 9.17) is 0 Å².